The molecule has 1 aliphatic heterocycles. The second-order valence-corrected chi connectivity index (χ2v) is 7.28. The van der Waals surface area contributed by atoms with Crippen molar-refractivity contribution >= 4 is 10.0 Å². The van der Waals surface area contributed by atoms with Gasteiger partial charge in [-0.05, 0) is 44.4 Å². The molecule has 0 radical (unpaired) electrons. The maximum atomic E-state index is 13.8. The molecule has 0 bridgehead atoms. The lowest BCUT2D eigenvalue weighted by Gasteiger charge is -2.35. The lowest BCUT2D eigenvalue weighted by molar-refractivity contribution is 0.131. The van der Waals surface area contributed by atoms with E-state index < -0.39 is 32.7 Å². The van der Waals surface area contributed by atoms with Crippen molar-refractivity contribution < 1.29 is 22.3 Å². The predicted molar refractivity (Wildman–Crippen MR) is 74.2 cm³/mol. The molecule has 21 heavy (non-hydrogen) atoms. The molecule has 1 heterocycles. The molecule has 1 aromatic carbocycles. The fraction of sp³-hybridized carbons (Fsp3) is 0.571. The Kier molecular flexibility index (Phi) is 4.95. The molecule has 1 aromatic rings. The molecule has 7 heteroatoms. The summed E-state index contributed by atoms with van der Waals surface area (Å²) in [5.74, 6) is -1.75. The molecular weight excluding hydrogens is 300 g/mol. The molecule has 0 amide bonds. The molecular formula is C14H19F2NO3S. The standard InChI is InChI=1S/C14H19F2NO3S/c1-10(18)8-12-4-2-3-7-17(12)21(19,20)14-9-11(15)5-6-13(14)16/h5-6,9-10,12,18H,2-4,7-8H2,1H3. The van der Waals surface area contributed by atoms with Crippen LogP contribution in [0.15, 0.2) is 23.1 Å². The second-order valence-electron chi connectivity index (χ2n) is 5.42. The van der Waals surface area contributed by atoms with Gasteiger partial charge in [-0.25, -0.2) is 17.2 Å². The van der Waals surface area contributed by atoms with Crippen molar-refractivity contribution in [2.24, 2.45) is 0 Å². The molecule has 2 atom stereocenters. The van der Waals surface area contributed by atoms with Gasteiger partial charge in [0.15, 0.2) is 0 Å². The average Bonchev–Trinajstić information content (AvgIpc) is 2.41. The van der Waals surface area contributed by atoms with Gasteiger partial charge in [-0.15, -0.1) is 0 Å². The zero-order valence-electron chi connectivity index (χ0n) is 11.8. The summed E-state index contributed by atoms with van der Waals surface area (Å²) >= 11 is 0. The normalized spacial score (nSPS) is 22.2. The zero-order chi connectivity index (χ0) is 15.6. The number of piperidine rings is 1. The first kappa shape index (κ1) is 16.3. The summed E-state index contributed by atoms with van der Waals surface area (Å²) in [6, 6.07) is 2.03. The van der Waals surface area contributed by atoms with Gasteiger partial charge >= 0.3 is 0 Å². The number of benzene rings is 1. The predicted octanol–water partition coefficient (Wildman–Crippen LogP) is 2.28. The molecule has 2 rings (SSSR count). The number of hydrogen-bond acceptors (Lipinski definition) is 3. The number of hydrogen-bond donors (Lipinski definition) is 1. The van der Waals surface area contributed by atoms with Crippen LogP contribution in [0.1, 0.15) is 32.6 Å². The van der Waals surface area contributed by atoms with Crippen LogP contribution in [0.5, 0.6) is 0 Å². The minimum atomic E-state index is -4.10. The number of aliphatic hydroxyl groups is 1. The monoisotopic (exact) mass is 319 g/mol. The molecule has 1 saturated heterocycles. The summed E-state index contributed by atoms with van der Waals surface area (Å²) in [5.41, 5.74) is 0. The molecule has 4 nitrogen and oxygen atoms in total. The summed E-state index contributed by atoms with van der Waals surface area (Å²) in [6.07, 6.45) is 1.78. The number of aliphatic hydroxyl groups excluding tert-OH is 1. The van der Waals surface area contributed by atoms with Crippen molar-refractivity contribution in [3.63, 3.8) is 0 Å². The molecule has 1 fully saturated rings. The van der Waals surface area contributed by atoms with E-state index in [2.05, 4.69) is 0 Å². The fourth-order valence-corrected chi connectivity index (χ4v) is 4.50. The van der Waals surface area contributed by atoms with E-state index >= 15 is 0 Å². The van der Waals surface area contributed by atoms with Crippen molar-refractivity contribution in [1.82, 2.24) is 4.31 Å². The van der Waals surface area contributed by atoms with Crippen LogP contribution in [0.2, 0.25) is 0 Å². The van der Waals surface area contributed by atoms with Gasteiger partial charge in [0.05, 0.1) is 6.10 Å². The molecule has 2 unspecified atom stereocenters. The first-order valence-electron chi connectivity index (χ1n) is 6.97. The summed E-state index contributed by atoms with van der Waals surface area (Å²) in [4.78, 5) is -0.639. The van der Waals surface area contributed by atoms with Crippen LogP contribution in [-0.2, 0) is 10.0 Å². The SMILES string of the molecule is CC(O)CC1CCCCN1S(=O)(=O)c1cc(F)ccc1F. The lowest BCUT2D eigenvalue weighted by atomic mass is 10.00. The van der Waals surface area contributed by atoms with Crippen LogP contribution in [-0.4, -0.2) is 36.5 Å². The Labute approximate surface area is 123 Å². The van der Waals surface area contributed by atoms with Crippen molar-refractivity contribution in [3.05, 3.63) is 29.8 Å². The topological polar surface area (TPSA) is 57.6 Å². The van der Waals surface area contributed by atoms with Crippen molar-refractivity contribution in [2.75, 3.05) is 6.54 Å². The van der Waals surface area contributed by atoms with E-state index in [1.165, 1.54) is 4.31 Å². The number of nitrogens with zero attached hydrogens (tertiary/aromatic N) is 1. The average molecular weight is 319 g/mol. The Balaban J connectivity index is 2.38. The smallest absolute Gasteiger partial charge is 0.246 e. The molecule has 0 aliphatic carbocycles. The fourth-order valence-electron chi connectivity index (χ4n) is 2.72. The van der Waals surface area contributed by atoms with Gasteiger partial charge < -0.3 is 5.11 Å². The van der Waals surface area contributed by atoms with Crippen LogP contribution in [0.4, 0.5) is 8.78 Å². The minimum Gasteiger partial charge on any atom is -0.393 e. The van der Waals surface area contributed by atoms with E-state index in [1.807, 2.05) is 0 Å². The quantitative estimate of drug-likeness (QED) is 0.926. The number of sulfonamides is 1. The molecule has 1 aliphatic rings. The Hall–Kier alpha value is -1.05. The van der Waals surface area contributed by atoms with Crippen LogP contribution >= 0.6 is 0 Å². The van der Waals surface area contributed by atoms with Gasteiger partial charge in [0, 0.05) is 12.6 Å². The highest BCUT2D eigenvalue weighted by Crippen LogP contribution is 2.29. The van der Waals surface area contributed by atoms with Gasteiger partial charge in [0.2, 0.25) is 10.0 Å². The summed E-state index contributed by atoms with van der Waals surface area (Å²) < 4.78 is 53.4. The van der Waals surface area contributed by atoms with E-state index in [-0.39, 0.29) is 19.0 Å². The Morgan fingerprint density at radius 3 is 2.76 bits per heavy atom. The number of halogens is 2. The van der Waals surface area contributed by atoms with Crippen molar-refractivity contribution in [3.8, 4) is 0 Å². The Morgan fingerprint density at radius 1 is 1.38 bits per heavy atom. The first-order valence-corrected chi connectivity index (χ1v) is 8.41. The second kappa shape index (κ2) is 6.37. The summed E-state index contributed by atoms with van der Waals surface area (Å²) in [5, 5.41) is 9.50. The third-order valence-corrected chi connectivity index (χ3v) is 5.63. The van der Waals surface area contributed by atoms with Crippen LogP contribution in [0.3, 0.4) is 0 Å². The van der Waals surface area contributed by atoms with Gasteiger partial charge in [-0.2, -0.15) is 4.31 Å². The van der Waals surface area contributed by atoms with E-state index in [4.69, 9.17) is 0 Å². The minimum absolute atomic E-state index is 0.260. The maximum absolute atomic E-state index is 13.8. The van der Waals surface area contributed by atoms with E-state index in [9.17, 15) is 22.3 Å². The highest BCUT2D eigenvalue weighted by atomic mass is 32.2. The Bertz CT molecular complexity index is 604. The maximum Gasteiger partial charge on any atom is 0.246 e. The highest BCUT2D eigenvalue weighted by Gasteiger charge is 2.35. The summed E-state index contributed by atoms with van der Waals surface area (Å²) in [6.45, 7) is 1.85. The van der Waals surface area contributed by atoms with Gasteiger partial charge in [0.1, 0.15) is 16.5 Å². The van der Waals surface area contributed by atoms with E-state index in [0.717, 1.165) is 18.6 Å². The highest BCUT2D eigenvalue weighted by molar-refractivity contribution is 7.89. The molecule has 0 saturated carbocycles. The third-order valence-electron chi connectivity index (χ3n) is 3.67. The Morgan fingerprint density at radius 2 is 2.10 bits per heavy atom. The van der Waals surface area contributed by atoms with Crippen LogP contribution in [0, 0.1) is 11.6 Å². The van der Waals surface area contributed by atoms with Crippen LogP contribution in [0.25, 0.3) is 0 Å². The first-order chi connectivity index (χ1) is 9.82. The van der Waals surface area contributed by atoms with Gasteiger partial charge in [0.25, 0.3) is 0 Å². The molecule has 118 valence electrons. The molecule has 1 N–H and O–H groups in total. The molecule has 0 aromatic heterocycles. The van der Waals surface area contributed by atoms with Crippen LogP contribution < -0.4 is 0 Å². The largest absolute Gasteiger partial charge is 0.393 e. The molecule has 0 spiro atoms. The third kappa shape index (κ3) is 3.59. The van der Waals surface area contributed by atoms with Crippen molar-refractivity contribution in [2.45, 2.75) is 49.6 Å². The van der Waals surface area contributed by atoms with Gasteiger partial charge in [-0.1, -0.05) is 6.42 Å². The van der Waals surface area contributed by atoms with Gasteiger partial charge in [-0.3, -0.25) is 0 Å². The van der Waals surface area contributed by atoms with E-state index in [1.54, 1.807) is 6.92 Å². The zero-order valence-corrected chi connectivity index (χ0v) is 12.6. The number of rotatable bonds is 4. The summed E-state index contributed by atoms with van der Waals surface area (Å²) in [7, 11) is -4.10. The van der Waals surface area contributed by atoms with Crippen molar-refractivity contribution in [1.29, 1.82) is 0 Å². The lowest BCUT2D eigenvalue weighted by Crippen LogP contribution is -2.45. The van der Waals surface area contributed by atoms with E-state index in [0.29, 0.717) is 18.9 Å².